The molecule has 7 nitrogen and oxygen atoms in total. The molecule has 1 aliphatic rings. The summed E-state index contributed by atoms with van der Waals surface area (Å²) in [6, 6.07) is 10.7. The van der Waals surface area contributed by atoms with E-state index in [1.165, 1.54) is 0 Å². The summed E-state index contributed by atoms with van der Waals surface area (Å²) >= 11 is 12.5. The van der Waals surface area contributed by atoms with Crippen molar-refractivity contribution in [1.82, 2.24) is 14.8 Å². The smallest absolute Gasteiger partial charge is 0.275 e. The summed E-state index contributed by atoms with van der Waals surface area (Å²) in [6.07, 6.45) is 0. The number of carbonyl (C=O) groups is 1. The van der Waals surface area contributed by atoms with Crippen molar-refractivity contribution >= 4 is 40.5 Å². The van der Waals surface area contributed by atoms with E-state index in [1.54, 1.807) is 28.9 Å². The Balaban J connectivity index is 1.65. The van der Waals surface area contributed by atoms with Crippen molar-refractivity contribution in [3.05, 3.63) is 63.5 Å². The van der Waals surface area contributed by atoms with Crippen LogP contribution in [0, 0.1) is 13.8 Å². The van der Waals surface area contributed by atoms with Gasteiger partial charge in [-0.2, -0.15) is 5.10 Å². The minimum atomic E-state index is -0.417. The molecular weight excluding hydrogens is 425 g/mol. The second kappa shape index (κ2) is 8.63. The fraction of sp³-hybridized carbons (Fsp3) is 0.286. The Morgan fingerprint density at radius 1 is 1.10 bits per heavy atom. The van der Waals surface area contributed by atoms with Crippen molar-refractivity contribution in [3.8, 4) is 5.82 Å². The van der Waals surface area contributed by atoms with Crippen LogP contribution in [0.15, 0.2) is 36.4 Å². The molecule has 0 radical (unpaired) electrons. The Morgan fingerprint density at radius 2 is 1.87 bits per heavy atom. The van der Waals surface area contributed by atoms with Gasteiger partial charge < -0.3 is 15.0 Å². The number of carbonyl (C=O) groups excluding carboxylic acids is 1. The van der Waals surface area contributed by atoms with Crippen LogP contribution in [0.3, 0.4) is 0 Å². The van der Waals surface area contributed by atoms with E-state index >= 15 is 0 Å². The number of amides is 1. The summed E-state index contributed by atoms with van der Waals surface area (Å²) in [4.78, 5) is 19.7. The van der Waals surface area contributed by atoms with E-state index in [0.29, 0.717) is 29.7 Å². The number of hydrogen-bond donors (Lipinski definition) is 1. The molecule has 3 heterocycles. The Labute approximate surface area is 184 Å². The summed E-state index contributed by atoms with van der Waals surface area (Å²) in [7, 11) is 0. The fourth-order valence-electron chi connectivity index (χ4n) is 3.44. The predicted molar refractivity (Wildman–Crippen MR) is 118 cm³/mol. The van der Waals surface area contributed by atoms with Gasteiger partial charge in [0, 0.05) is 23.8 Å². The highest BCUT2D eigenvalue weighted by Crippen LogP contribution is 2.31. The normalized spacial score (nSPS) is 14.1. The number of nitrogens with one attached hydrogen (secondary N) is 1. The number of anilines is 2. The number of rotatable bonds is 4. The van der Waals surface area contributed by atoms with Crippen molar-refractivity contribution in [2.45, 2.75) is 13.8 Å². The van der Waals surface area contributed by atoms with Gasteiger partial charge in [-0.25, -0.2) is 9.67 Å². The largest absolute Gasteiger partial charge is 0.378 e. The number of aromatic nitrogens is 3. The molecule has 1 saturated heterocycles. The number of benzene rings is 1. The lowest BCUT2D eigenvalue weighted by atomic mass is 10.2. The Hall–Kier alpha value is -2.61. The quantitative estimate of drug-likeness (QED) is 0.648. The van der Waals surface area contributed by atoms with Crippen molar-refractivity contribution < 1.29 is 9.53 Å². The number of pyridine rings is 1. The highest BCUT2D eigenvalue weighted by molar-refractivity contribution is 6.34. The number of nitrogens with zero attached hydrogens (tertiary/aromatic N) is 4. The zero-order chi connectivity index (χ0) is 21.3. The second-order valence-corrected chi connectivity index (χ2v) is 7.90. The topological polar surface area (TPSA) is 72.3 Å². The van der Waals surface area contributed by atoms with E-state index in [0.717, 1.165) is 30.2 Å². The third kappa shape index (κ3) is 4.28. The van der Waals surface area contributed by atoms with Crippen molar-refractivity contribution in [2.75, 3.05) is 36.5 Å². The van der Waals surface area contributed by atoms with E-state index in [2.05, 4.69) is 20.3 Å². The number of ether oxygens (including phenoxy) is 1. The van der Waals surface area contributed by atoms with Crippen LogP contribution in [0.1, 0.15) is 21.9 Å². The lowest BCUT2D eigenvalue weighted by Crippen LogP contribution is -2.36. The number of aryl methyl sites for hydroxylation is 2. The van der Waals surface area contributed by atoms with Crippen LogP contribution in [-0.2, 0) is 4.74 Å². The predicted octanol–water partition coefficient (Wildman–Crippen LogP) is 4.28. The fourth-order valence-corrected chi connectivity index (χ4v) is 3.80. The molecule has 156 valence electrons. The van der Waals surface area contributed by atoms with E-state index in [9.17, 15) is 4.79 Å². The monoisotopic (exact) mass is 445 g/mol. The third-order valence-corrected chi connectivity index (χ3v) is 5.37. The molecule has 0 aliphatic carbocycles. The number of hydrogen-bond acceptors (Lipinski definition) is 5. The molecule has 0 spiro atoms. The van der Waals surface area contributed by atoms with Crippen LogP contribution in [0.5, 0.6) is 0 Å². The molecule has 4 rings (SSSR count). The molecule has 1 aliphatic heterocycles. The molecule has 1 fully saturated rings. The Bertz CT molecular complexity index is 1090. The van der Waals surface area contributed by atoms with Gasteiger partial charge in [0.05, 0.1) is 35.3 Å². The lowest BCUT2D eigenvalue weighted by molar-refractivity contribution is 0.102. The number of morpholine rings is 1. The first-order chi connectivity index (χ1) is 14.4. The molecule has 30 heavy (non-hydrogen) atoms. The van der Waals surface area contributed by atoms with Gasteiger partial charge in [0.1, 0.15) is 5.69 Å². The van der Waals surface area contributed by atoms with E-state index in [-0.39, 0.29) is 10.7 Å². The van der Waals surface area contributed by atoms with Gasteiger partial charge in [0.2, 0.25) is 0 Å². The molecule has 9 heteroatoms. The van der Waals surface area contributed by atoms with Crippen LogP contribution in [0.25, 0.3) is 5.82 Å². The molecule has 0 unspecified atom stereocenters. The van der Waals surface area contributed by atoms with Crippen LogP contribution >= 0.6 is 23.2 Å². The van der Waals surface area contributed by atoms with E-state index < -0.39 is 5.91 Å². The van der Waals surface area contributed by atoms with Gasteiger partial charge in [0.25, 0.3) is 5.91 Å². The van der Waals surface area contributed by atoms with Crippen LogP contribution in [0.4, 0.5) is 11.4 Å². The summed E-state index contributed by atoms with van der Waals surface area (Å²) < 4.78 is 7.11. The maximum Gasteiger partial charge on any atom is 0.275 e. The molecule has 0 bridgehead atoms. The molecule has 0 saturated carbocycles. The molecule has 1 N–H and O–H groups in total. The van der Waals surface area contributed by atoms with E-state index in [4.69, 9.17) is 27.9 Å². The van der Waals surface area contributed by atoms with Crippen molar-refractivity contribution in [2.24, 2.45) is 0 Å². The van der Waals surface area contributed by atoms with Gasteiger partial charge in [-0.1, -0.05) is 23.2 Å². The maximum atomic E-state index is 13.1. The minimum Gasteiger partial charge on any atom is -0.378 e. The summed E-state index contributed by atoms with van der Waals surface area (Å²) in [5.74, 6) is 0.106. The average Bonchev–Trinajstić information content (AvgIpc) is 3.07. The summed E-state index contributed by atoms with van der Waals surface area (Å²) in [5, 5.41) is 8.13. The number of halogens is 2. The molecule has 1 aromatic carbocycles. The van der Waals surface area contributed by atoms with Gasteiger partial charge in [-0.15, -0.1) is 0 Å². The zero-order valence-corrected chi connectivity index (χ0v) is 18.2. The Morgan fingerprint density at radius 3 is 2.57 bits per heavy atom. The zero-order valence-electron chi connectivity index (χ0n) is 16.7. The summed E-state index contributed by atoms with van der Waals surface area (Å²) in [5.41, 5.74) is 3.38. The molecule has 2 aromatic heterocycles. The summed E-state index contributed by atoms with van der Waals surface area (Å²) in [6.45, 7) is 6.56. The first-order valence-corrected chi connectivity index (χ1v) is 10.3. The van der Waals surface area contributed by atoms with Crippen LogP contribution < -0.4 is 10.2 Å². The molecule has 0 atom stereocenters. The highest BCUT2D eigenvalue weighted by Gasteiger charge is 2.20. The van der Waals surface area contributed by atoms with Gasteiger partial charge in [-0.05, 0) is 50.2 Å². The van der Waals surface area contributed by atoms with Crippen molar-refractivity contribution in [3.63, 3.8) is 0 Å². The maximum absolute atomic E-state index is 13.1. The molecular formula is C21H21Cl2N5O2. The van der Waals surface area contributed by atoms with Gasteiger partial charge >= 0.3 is 0 Å². The molecule has 3 aromatic rings. The standard InChI is InChI=1S/C21H21Cl2N5O2/c1-13-11-14(2)28(26-13)19-6-4-16(23)20(25-19)21(29)24-17-12-15(22)3-5-18(17)27-7-9-30-10-8-27/h3-6,11-12H,7-10H2,1-2H3,(H,24,29). The van der Waals surface area contributed by atoms with Gasteiger partial charge in [-0.3, -0.25) is 4.79 Å². The first kappa shape index (κ1) is 20.7. The van der Waals surface area contributed by atoms with E-state index in [1.807, 2.05) is 26.0 Å². The molecule has 1 amide bonds. The minimum absolute atomic E-state index is 0.120. The van der Waals surface area contributed by atoms with Crippen molar-refractivity contribution in [1.29, 1.82) is 0 Å². The van der Waals surface area contributed by atoms with Crippen LogP contribution in [-0.4, -0.2) is 47.0 Å². The second-order valence-electron chi connectivity index (χ2n) is 7.05. The highest BCUT2D eigenvalue weighted by atomic mass is 35.5. The third-order valence-electron chi connectivity index (χ3n) is 4.83. The first-order valence-electron chi connectivity index (χ1n) is 9.56. The SMILES string of the molecule is Cc1cc(C)n(-c2ccc(Cl)c(C(=O)Nc3cc(Cl)ccc3N3CCOCC3)n2)n1. The average molecular weight is 446 g/mol. The van der Waals surface area contributed by atoms with Gasteiger partial charge in [0.15, 0.2) is 5.82 Å². The van der Waals surface area contributed by atoms with Crippen LogP contribution in [0.2, 0.25) is 10.0 Å². The Kier molecular flexibility index (Phi) is 5.94. The lowest BCUT2D eigenvalue weighted by Gasteiger charge is -2.30.